The van der Waals surface area contributed by atoms with Crippen LogP contribution in [0.15, 0.2) is 0 Å². The topological polar surface area (TPSA) is 81.4 Å². The number of rotatable bonds is 5. The van der Waals surface area contributed by atoms with Crippen molar-refractivity contribution in [2.45, 2.75) is 34.1 Å². The number of carbonyl (C=O) groups is 2. The van der Waals surface area contributed by atoms with Gasteiger partial charge in [0.15, 0.2) is 0 Å². The van der Waals surface area contributed by atoms with E-state index in [9.17, 15) is 9.59 Å². The van der Waals surface area contributed by atoms with Crippen molar-refractivity contribution in [3.8, 4) is 6.07 Å². The minimum atomic E-state index is -1.11. The van der Waals surface area contributed by atoms with Crippen LogP contribution in [0, 0.1) is 22.7 Å². The van der Waals surface area contributed by atoms with Crippen molar-refractivity contribution in [1.29, 1.82) is 5.26 Å². The zero-order chi connectivity index (χ0) is 13.6. The Kier molecular flexibility index (Phi) is 5.66. The highest BCUT2D eigenvalue weighted by Crippen LogP contribution is 2.28. The Labute approximate surface area is 102 Å². The maximum Gasteiger partial charge on any atom is 0.316 e. The summed E-state index contributed by atoms with van der Waals surface area (Å²) >= 11 is 0. The van der Waals surface area contributed by atoms with Gasteiger partial charge in [0, 0.05) is 13.1 Å². The molecule has 0 aromatic carbocycles. The number of hydrogen-bond acceptors (Lipinski definition) is 3. The number of nitrogens with zero attached hydrogens (tertiary/aromatic N) is 2. The highest BCUT2D eigenvalue weighted by molar-refractivity contribution is 5.97. The first-order valence-electron chi connectivity index (χ1n) is 5.64. The van der Waals surface area contributed by atoms with Gasteiger partial charge in [0.25, 0.3) is 0 Å². The second-order valence-electron chi connectivity index (χ2n) is 4.96. The molecular formula is C12H20N2O3. The van der Waals surface area contributed by atoms with E-state index in [-0.39, 0.29) is 13.0 Å². The van der Waals surface area contributed by atoms with Gasteiger partial charge >= 0.3 is 5.97 Å². The molecule has 0 rings (SSSR count). The van der Waals surface area contributed by atoms with E-state index in [1.54, 1.807) is 27.7 Å². The minimum absolute atomic E-state index is 0.218. The molecule has 0 aliphatic carbocycles. The standard InChI is InChI=1S/C12H20N2O3/c1-5-14(8-6-7-13)10(15)9(11(16)17)12(2,3)4/h9H,5-6,8H2,1-4H3,(H,16,17). The fraction of sp³-hybridized carbons (Fsp3) is 0.750. The second-order valence-corrected chi connectivity index (χ2v) is 4.96. The molecule has 1 unspecified atom stereocenters. The fourth-order valence-corrected chi connectivity index (χ4v) is 1.64. The number of aliphatic carboxylic acids is 1. The van der Waals surface area contributed by atoms with Gasteiger partial charge in [-0.2, -0.15) is 5.26 Å². The van der Waals surface area contributed by atoms with Crippen LogP contribution in [0.1, 0.15) is 34.1 Å². The van der Waals surface area contributed by atoms with Crippen LogP contribution in [-0.4, -0.2) is 35.0 Å². The molecule has 96 valence electrons. The summed E-state index contributed by atoms with van der Waals surface area (Å²) in [4.78, 5) is 24.7. The molecule has 0 bridgehead atoms. The minimum Gasteiger partial charge on any atom is -0.481 e. The Morgan fingerprint density at radius 2 is 1.94 bits per heavy atom. The number of carbonyl (C=O) groups excluding carboxylic acids is 1. The lowest BCUT2D eigenvalue weighted by molar-refractivity contribution is -0.156. The molecule has 5 heteroatoms. The van der Waals surface area contributed by atoms with Crippen LogP contribution in [0.3, 0.4) is 0 Å². The largest absolute Gasteiger partial charge is 0.481 e. The molecule has 5 nitrogen and oxygen atoms in total. The van der Waals surface area contributed by atoms with E-state index in [1.165, 1.54) is 4.90 Å². The Morgan fingerprint density at radius 1 is 1.41 bits per heavy atom. The zero-order valence-electron chi connectivity index (χ0n) is 10.9. The van der Waals surface area contributed by atoms with Crippen LogP contribution >= 0.6 is 0 Å². The summed E-state index contributed by atoms with van der Waals surface area (Å²) in [6, 6.07) is 1.95. The smallest absolute Gasteiger partial charge is 0.316 e. The molecule has 0 radical (unpaired) electrons. The molecule has 0 saturated carbocycles. The Hall–Kier alpha value is -1.57. The lowest BCUT2D eigenvalue weighted by atomic mass is 9.80. The van der Waals surface area contributed by atoms with Crippen molar-refractivity contribution in [1.82, 2.24) is 4.90 Å². The lowest BCUT2D eigenvalue weighted by Crippen LogP contribution is -2.45. The van der Waals surface area contributed by atoms with Gasteiger partial charge in [0.05, 0.1) is 12.5 Å². The van der Waals surface area contributed by atoms with Crippen molar-refractivity contribution in [3.05, 3.63) is 0 Å². The summed E-state index contributed by atoms with van der Waals surface area (Å²) in [7, 11) is 0. The van der Waals surface area contributed by atoms with Gasteiger partial charge in [-0.25, -0.2) is 0 Å². The van der Waals surface area contributed by atoms with E-state index in [2.05, 4.69) is 0 Å². The summed E-state index contributed by atoms with van der Waals surface area (Å²) in [6.45, 7) is 7.65. The molecule has 0 heterocycles. The number of hydrogen-bond donors (Lipinski definition) is 1. The first kappa shape index (κ1) is 15.4. The molecule has 0 aliphatic rings. The first-order valence-corrected chi connectivity index (χ1v) is 5.64. The Bertz CT molecular complexity index is 326. The second kappa shape index (κ2) is 6.24. The monoisotopic (exact) mass is 240 g/mol. The molecule has 0 aliphatic heterocycles. The van der Waals surface area contributed by atoms with Gasteiger partial charge < -0.3 is 10.0 Å². The molecule has 1 amide bonds. The van der Waals surface area contributed by atoms with Crippen LogP contribution in [0.2, 0.25) is 0 Å². The predicted molar refractivity (Wildman–Crippen MR) is 63.1 cm³/mol. The molecule has 0 fully saturated rings. The number of carboxylic acid groups (broad SMARTS) is 1. The van der Waals surface area contributed by atoms with Gasteiger partial charge in [-0.1, -0.05) is 20.8 Å². The number of nitriles is 1. The third-order valence-corrected chi connectivity index (χ3v) is 2.55. The van der Waals surface area contributed by atoms with Gasteiger partial charge in [0.1, 0.15) is 5.92 Å². The Balaban J connectivity index is 4.95. The predicted octanol–water partition coefficient (Wildman–Crippen LogP) is 1.50. The number of carboxylic acids is 1. The van der Waals surface area contributed by atoms with Crippen molar-refractivity contribution < 1.29 is 14.7 Å². The molecule has 0 saturated heterocycles. The van der Waals surface area contributed by atoms with Gasteiger partial charge in [-0.3, -0.25) is 9.59 Å². The van der Waals surface area contributed by atoms with Crippen LogP contribution in [0.25, 0.3) is 0 Å². The number of amides is 1. The summed E-state index contributed by atoms with van der Waals surface area (Å²) < 4.78 is 0. The van der Waals surface area contributed by atoms with Crippen LogP contribution in [-0.2, 0) is 9.59 Å². The molecule has 0 aromatic heterocycles. The van der Waals surface area contributed by atoms with Crippen molar-refractivity contribution in [2.75, 3.05) is 13.1 Å². The highest BCUT2D eigenvalue weighted by Gasteiger charge is 2.39. The van der Waals surface area contributed by atoms with Crippen molar-refractivity contribution >= 4 is 11.9 Å². The highest BCUT2D eigenvalue weighted by atomic mass is 16.4. The molecule has 0 spiro atoms. The third-order valence-electron chi connectivity index (χ3n) is 2.55. The molecule has 1 N–H and O–H groups in total. The molecule has 0 aromatic rings. The van der Waals surface area contributed by atoms with Crippen molar-refractivity contribution in [3.63, 3.8) is 0 Å². The summed E-state index contributed by atoms with van der Waals surface area (Å²) in [6.07, 6.45) is 0.218. The third kappa shape index (κ3) is 4.43. The normalized spacial score (nSPS) is 12.6. The maximum absolute atomic E-state index is 12.1. The molecule has 17 heavy (non-hydrogen) atoms. The average Bonchev–Trinajstić information content (AvgIpc) is 2.15. The van der Waals surface area contributed by atoms with Gasteiger partial charge in [-0.15, -0.1) is 0 Å². The van der Waals surface area contributed by atoms with E-state index in [0.29, 0.717) is 6.54 Å². The Morgan fingerprint density at radius 3 is 2.24 bits per heavy atom. The zero-order valence-corrected chi connectivity index (χ0v) is 10.9. The van der Waals surface area contributed by atoms with Crippen LogP contribution < -0.4 is 0 Å². The van der Waals surface area contributed by atoms with Gasteiger partial charge in [0.2, 0.25) is 5.91 Å². The quantitative estimate of drug-likeness (QED) is 0.738. The van der Waals surface area contributed by atoms with Crippen LogP contribution in [0.5, 0.6) is 0 Å². The average molecular weight is 240 g/mol. The summed E-state index contributed by atoms with van der Waals surface area (Å²) in [5.41, 5.74) is -0.636. The van der Waals surface area contributed by atoms with E-state index in [4.69, 9.17) is 10.4 Å². The van der Waals surface area contributed by atoms with Gasteiger partial charge in [-0.05, 0) is 12.3 Å². The van der Waals surface area contributed by atoms with E-state index in [0.717, 1.165) is 0 Å². The first-order chi connectivity index (χ1) is 7.75. The van der Waals surface area contributed by atoms with E-state index >= 15 is 0 Å². The molecular weight excluding hydrogens is 220 g/mol. The summed E-state index contributed by atoms with van der Waals surface area (Å²) in [5, 5.41) is 17.6. The van der Waals surface area contributed by atoms with Crippen LogP contribution in [0.4, 0.5) is 0 Å². The summed E-state index contributed by atoms with van der Waals surface area (Å²) in [5.74, 6) is -2.60. The molecule has 1 atom stereocenters. The van der Waals surface area contributed by atoms with E-state index < -0.39 is 23.2 Å². The van der Waals surface area contributed by atoms with Crippen molar-refractivity contribution in [2.24, 2.45) is 11.3 Å². The maximum atomic E-state index is 12.1. The van der Waals surface area contributed by atoms with E-state index in [1.807, 2.05) is 6.07 Å². The fourth-order valence-electron chi connectivity index (χ4n) is 1.64. The lowest BCUT2D eigenvalue weighted by Gasteiger charge is -2.31. The SMILES string of the molecule is CCN(CCC#N)C(=O)C(C(=O)O)C(C)(C)C.